The van der Waals surface area contributed by atoms with E-state index >= 15 is 0 Å². The molecule has 0 aromatic heterocycles. The number of aliphatic hydroxyl groups excluding tert-OH is 10. The largest absolute Gasteiger partial charge is 0.396 e. The van der Waals surface area contributed by atoms with Crippen molar-refractivity contribution in [1.29, 1.82) is 0 Å². The number of aliphatic hydroxyl groups is 11. The molecule has 6 atom stereocenters. The van der Waals surface area contributed by atoms with Crippen molar-refractivity contribution in [3.05, 3.63) is 110 Å². The molecule has 3 aliphatic rings. The first kappa shape index (κ1) is 116. The van der Waals surface area contributed by atoms with Gasteiger partial charge in [-0.3, -0.25) is 112 Å². The Balaban J connectivity index is -0.000000136. The summed E-state index contributed by atoms with van der Waals surface area (Å²) in [5, 5.41) is 95.0. The van der Waals surface area contributed by atoms with Crippen molar-refractivity contribution in [2.45, 2.75) is 231 Å². The minimum absolute atomic E-state index is 0. The number of hydroxylamine groups is 11. The number of rotatable bonds is 43. The quantitative estimate of drug-likeness (QED) is 0.0303. The molecular weight excluding hydrogens is 1370 g/mol. The van der Waals surface area contributed by atoms with E-state index in [9.17, 15) is 14.7 Å². The van der Waals surface area contributed by atoms with Crippen LogP contribution in [0.4, 0.5) is 0 Å². The van der Waals surface area contributed by atoms with Crippen LogP contribution in [-0.2, 0) is 62.8 Å². The molecule has 3 fully saturated rings. The summed E-state index contributed by atoms with van der Waals surface area (Å²) in [4.78, 5) is 73.7. The molecule has 0 aliphatic heterocycles. The van der Waals surface area contributed by atoms with E-state index < -0.39 is 35.1 Å². The van der Waals surface area contributed by atoms with Gasteiger partial charge in [0, 0.05) is 70.5 Å². The van der Waals surface area contributed by atoms with E-state index in [0.717, 1.165) is 89.8 Å². The highest BCUT2D eigenvalue weighted by Gasteiger charge is 2.45. The number of carbonyl (C=O) groups excluding carboxylic acids is 2. The summed E-state index contributed by atoms with van der Waals surface area (Å²) in [6.45, 7) is 66.7. The summed E-state index contributed by atoms with van der Waals surface area (Å²) in [7, 11) is 0. The third-order valence-electron chi connectivity index (χ3n) is 9.92. The lowest BCUT2D eigenvalue weighted by molar-refractivity contribution is -0.141. The fourth-order valence-electron chi connectivity index (χ4n) is 4.06. The molecule has 3 saturated carbocycles. The number of allylic oxidation sites excluding steroid dienone is 9. The summed E-state index contributed by atoms with van der Waals surface area (Å²) in [5.41, 5.74) is 32.5. The van der Waals surface area contributed by atoms with Crippen LogP contribution in [0.25, 0.3) is 0 Å². The van der Waals surface area contributed by atoms with E-state index in [1.165, 1.54) is 13.8 Å². The lowest BCUT2D eigenvalue weighted by Gasteiger charge is -2.22. The summed E-state index contributed by atoms with van der Waals surface area (Å²) in [6.07, 6.45) is 3.49. The van der Waals surface area contributed by atoms with Gasteiger partial charge in [-0.05, 0) is 156 Å². The lowest BCUT2D eigenvalue weighted by atomic mass is 10.1. The van der Waals surface area contributed by atoms with Crippen molar-refractivity contribution in [2.24, 2.45) is 5.41 Å². The Kier molecular flexibility index (Phi) is 82.6. The molecule has 0 aromatic carbocycles. The van der Waals surface area contributed by atoms with Gasteiger partial charge in [-0.1, -0.05) is 66.6 Å². The number of hydrogen-bond donors (Lipinski definition) is 22. The second-order valence-corrected chi connectivity index (χ2v) is 25.1. The Morgan fingerprint density at radius 1 is 0.404 bits per heavy atom. The minimum atomic E-state index is -0.543. The predicted octanol–water partition coefficient (Wildman–Crippen LogP) is 3.99. The molecule has 0 heterocycles. The fourth-order valence-corrected chi connectivity index (χ4v) is 4.06. The molecule has 2 unspecified atom stereocenters. The van der Waals surface area contributed by atoms with E-state index in [4.69, 9.17) is 94.6 Å². The van der Waals surface area contributed by atoms with Gasteiger partial charge in [-0.15, -0.1) is 0 Å². The Hall–Kier alpha value is -6.08. The van der Waals surface area contributed by atoms with Crippen LogP contribution >= 0.6 is 0 Å². The maximum atomic E-state index is 10.3. The summed E-state index contributed by atoms with van der Waals surface area (Å²) < 4.78 is 0. The molecule has 104 heavy (non-hydrogen) atoms. The zero-order chi connectivity index (χ0) is 81.8. The maximum absolute atomic E-state index is 10.3. The van der Waals surface area contributed by atoms with E-state index in [2.05, 4.69) is 129 Å². The normalized spacial score (nSPS) is 14.3. The van der Waals surface area contributed by atoms with Gasteiger partial charge in [-0.2, -0.15) is 0 Å². The van der Waals surface area contributed by atoms with Gasteiger partial charge in [0.1, 0.15) is 55.9 Å². The van der Waals surface area contributed by atoms with Gasteiger partial charge >= 0.3 is 0 Å². The predicted molar refractivity (Wildman–Crippen MR) is 402 cm³/mol. The van der Waals surface area contributed by atoms with E-state index in [0.29, 0.717) is 19.8 Å². The molecule has 0 saturated heterocycles. The lowest BCUT2D eigenvalue weighted by Crippen LogP contribution is -2.34. The summed E-state index contributed by atoms with van der Waals surface area (Å²) >= 11 is 0. The second-order valence-electron chi connectivity index (χ2n) is 25.1. The molecule has 35 heteroatoms. The first-order valence-corrected chi connectivity index (χ1v) is 32.9. The van der Waals surface area contributed by atoms with Crippen LogP contribution in [0, 0.1) is 5.41 Å². The van der Waals surface area contributed by atoms with Crippen LogP contribution in [0.5, 0.6) is 0 Å². The van der Waals surface area contributed by atoms with Crippen LogP contribution in [0.15, 0.2) is 110 Å². The van der Waals surface area contributed by atoms with E-state index in [-0.39, 0.29) is 109 Å². The molecule has 22 N–H and O–H groups in total. The van der Waals surface area contributed by atoms with Gasteiger partial charge in [0.15, 0.2) is 0 Å². The highest BCUT2D eigenvalue weighted by Crippen LogP contribution is 2.45. The summed E-state index contributed by atoms with van der Waals surface area (Å²) in [6, 6.07) is 0. The highest BCUT2D eigenvalue weighted by molar-refractivity contribution is 5.71. The smallest absolute Gasteiger partial charge is 0.240 e. The SMILES string of the molecule is C.C=C(C)NOC(C)(C)CO.C=C(C)NOC(C)CO.C=C(C)NOCC(C)O.C=C(C)NOCC1(CO)CC1.C=C(C)NOCC1(O)CC1.C=C(C)NOCCO.C=C(C)NOC[C@@H](C)O.C=C(C)NOC[C@H](C)O.C=C(C)NO[C@@H](C)CO.CC(=O)NOC1(CO)CC1.CC(=O)NO[C@H](C)CO. The van der Waals surface area contributed by atoms with Crippen LogP contribution in [-0.4, -0.2) is 207 Å². The highest BCUT2D eigenvalue weighted by atomic mass is 16.7. The second kappa shape index (κ2) is 73.8. The van der Waals surface area contributed by atoms with Gasteiger partial charge in [0.05, 0.1) is 83.4 Å². The minimum Gasteiger partial charge on any atom is -0.396 e. The Morgan fingerprint density at radius 3 is 0.933 bits per heavy atom. The third kappa shape index (κ3) is 112. The molecule has 35 nitrogen and oxygen atoms in total. The van der Waals surface area contributed by atoms with Gasteiger partial charge < -0.3 is 56.2 Å². The monoisotopic (exact) mass is 1510 g/mol. The molecule has 0 aromatic rings. The molecule has 0 spiro atoms. The first-order valence-electron chi connectivity index (χ1n) is 32.9. The molecule has 0 radical (unpaired) electrons. The van der Waals surface area contributed by atoms with Crippen molar-refractivity contribution in [2.75, 3.05) is 85.9 Å². The molecule has 3 rings (SSSR count). The van der Waals surface area contributed by atoms with Crippen molar-refractivity contribution in [1.82, 2.24) is 60.3 Å². The van der Waals surface area contributed by atoms with Crippen LogP contribution < -0.4 is 60.3 Å². The van der Waals surface area contributed by atoms with Crippen molar-refractivity contribution < 1.29 is 119 Å². The van der Waals surface area contributed by atoms with Crippen molar-refractivity contribution in [3.63, 3.8) is 0 Å². The molecule has 620 valence electrons. The van der Waals surface area contributed by atoms with Gasteiger partial charge in [0.2, 0.25) is 11.8 Å². The zero-order valence-corrected chi connectivity index (χ0v) is 65.5. The first-order chi connectivity index (χ1) is 47.6. The number of amides is 2. The molecule has 0 bridgehead atoms. The molecule has 2 amide bonds. The third-order valence-corrected chi connectivity index (χ3v) is 9.92. The van der Waals surface area contributed by atoms with E-state index in [1.54, 1.807) is 111 Å². The molecular formula is C69H145N11O24. The topological polar surface area (TPSA) is 491 Å². The maximum Gasteiger partial charge on any atom is 0.240 e. The summed E-state index contributed by atoms with van der Waals surface area (Å²) in [5.74, 6) is -0.505. The average molecular weight is 1510 g/mol. The Morgan fingerprint density at radius 2 is 0.702 bits per heavy atom. The van der Waals surface area contributed by atoms with E-state index in [1.807, 2.05) is 6.92 Å². The number of nitrogens with one attached hydrogen (secondary N) is 11. The van der Waals surface area contributed by atoms with Crippen LogP contribution in [0.3, 0.4) is 0 Å². The number of hydrogen-bond acceptors (Lipinski definition) is 33. The average Bonchev–Trinajstić information content (AvgIpc) is 1.70. The van der Waals surface area contributed by atoms with Crippen molar-refractivity contribution in [3.8, 4) is 0 Å². The molecule has 3 aliphatic carbocycles. The van der Waals surface area contributed by atoms with Crippen LogP contribution in [0.1, 0.15) is 178 Å². The number of carbonyl (C=O) groups is 2. The van der Waals surface area contributed by atoms with Crippen molar-refractivity contribution >= 4 is 11.8 Å². The standard InChI is InChI=1S/C8H15NO2.C7H13NO2.C7H15NO2.C6H11NO3.5C6H13NO2.C5H11NO3.C5H11NO2.CH4/c1-7(2)9-11-6-8(5-10)3-4-8;1-6(2)8-10-5-7(9)3-4-7;1-6(2)8-10-7(3,4)5-9;1-5(9)7-10-6(4-8)2-3-6;3*1-5(2)7-9-4-6(3)8;2*1-5(2)7-9-6(3)4-8;1-4(3-7)9-6-5(2)8;1-5(2)6-8-4-3-7;/h9-10H,1,3-6H2,2H3;8-9H,1,3-5H2,2H3;8-9H,1,5H2,2-4H3;8H,2-4H2,1H3,(H,7,9);5*6-8H,1,4H2,2-3H3;4,7H,3H2,1-2H3,(H,6,8);6-7H,1,3-4H2,2H3;1H4/t;;;;2*6-;;6-;;4-;;/m....10.0.1../s1. The fraction of sp³-hybridized carbons (Fsp3) is 0.710. The van der Waals surface area contributed by atoms with Gasteiger partial charge in [-0.25, -0.2) is 11.0 Å². The zero-order valence-electron chi connectivity index (χ0n) is 65.5. The van der Waals surface area contributed by atoms with Gasteiger partial charge in [0.25, 0.3) is 0 Å². The Labute approximate surface area is 621 Å². The Bertz CT molecular complexity index is 2070. The van der Waals surface area contributed by atoms with Crippen LogP contribution in [0.2, 0.25) is 0 Å².